The maximum atomic E-state index is 12.6. The lowest BCUT2D eigenvalue weighted by molar-refractivity contribution is -0.00586. The van der Waals surface area contributed by atoms with Crippen LogP contribution in [0.1, 0.15) is 50.3 Å². The van der Waals surface area contributed by atoms with Gasteiger partial charge in [-0.15, -0.1) is 0 Å². The van der Waals surface area contributed by atoms with Crippen LogP contribution in [0.3, 0.4) is 0 Å². The molecule has 0 aromatic heterocycles. The summed E-state index contributed by atoms with van der Waals surface area (Å²) in [6.45, 7) is 7.35. The smallest absolute Gasteiger partial charge is 0.289 e. The molecule has 0 bridgehead atoms. The van der Waals surface area contributed by atoms with Crippen LogP contribution in [0.2, 0.25) is 0 Å². The van der Waals surface area contributed by atoms with Crippen molar-refractivity contribution in [3.05, 3.63) is 65.7 Å². The van der Waals surface area contributed by atoms with Gasteiger partial charge in [0, 0.05) is 11.6 Å². The van der Waals surface area contributed by atoms with Gasteiger partial charge < -0.3 is 0 Å². The van der Waals surface area contributed by atoms with E-state index < -0.39 is 10.1 Å². The highest BCUT2D eigenvalue weighted by Gasteiger charge is 2.39. The van der Waals surface area contributed by atoms with Crippen LogP contribution in [0.25, 0.3) is 0 Å². The molecule has 0 N–H and O–H groups in total. The summed E-state index contributed by atoms with van der Waals surface area (Å²) in [7, 11) is -3.75. The van der Waals surface area contributed by atoms with Gasteiger partial charge in [0.15, 0.2) is 0 Å². The highest BCUT2D eigenvalue weighted by atomic mass is 32.2. The van der Waals surface area contributed by atoms with Gasteiger partial charge in [-0.2, -0.15) is 8.42 Å². The van der Waals surface area contributed by atoms with Crippen molar-refractivity contribution in [2.24, 2.45) is 0 Å². The molecule has 1 saturated heterocycles. The second-order valence-electron chi connectivity index (χ2n) is 7.76. The van der Waals surface area contributed by atoms with Gasteiger partial charge in [-0.3, -0.25) is 9.08 Å². The van der Waals surface area contributed by atoms with E-state index in [1.807, 2.05) is 25.1 Å². The summed E-state index contributed by atoms with van der Waals surface area (Å²) >= 11 is 0. The topological polar surface area (TPSA) is 46.6 Å². The Morgan fingerprint density at radius 3 is 2.41 bits per heavy atom. The highest BCUT2D eigenvalue weighted by molar-refractivity contribution is 7.86. The molecular formula is C22H29NO3S. The van der Waals surface area contributed by atoms with Crippen molar-refractivity contribution in [1.82, 2.24) is 4.90 Å². The number of likely N-dealkylation sites (tertiary alicyclic amines) is 1. The Balaban J connectivity index is 1.77. The number of aryl methyl sites for hydroxylation is 1. The summed E-state index contributed by atoms with van der Waals surface area (Å²) in [6, 6.07) is 17.4. The summed E-state index contributed by atoms with van der Waals surface area (Å²) in [5.74, 6) is 0. The zero-order chi connectivity index (χ0) is 19.5. The maximum absolute atomic E-state index is 12.6. The molecule has 5 heteroatoms. The normalized spacial score (nSPS) is 22.5. The van der Waals surface area contributed by atoms with Gasteiger partial charge in [0.05, 0.1) is 11.5 Å². The second kappa shape index (κ2) is 8.13. The minimum atomic E-state index is -3.75. The van der Waals surface area contributed by atoms with Gasteiger partial charge >= 0.3 is 0 Å². The van der Waals surface area contributed by atoms with Crippen LogP contribution in [0.4, 0.5) is 0 Å². The summed E-state index contributed by atoms with van der Waals surface area (Å²) < 4.78 is 30.8. The summed E-state index contributed by atoms with van der Waals surface area (Å²) in [6.07, 6.45) is 3.13. The average molecular weight is 388 g/mol. The van der Waals surface area contributed by atoms with Gasteiger partial charge in [0.1, 0.15) is 0 Å². The van der Waals surface area contributed by atoms with E-state index in [0.29, 0.717) is 0 Å². The molecule has 27 heavy (non-hydrogen) atoms. The number of hydrogen-bond acceptors (Lipinski definition) is 4. The van der Waals surface area contributed by atoms with E-state index in [1.165, 1.54) is 5.56 Å². The fourth-order valence-corrected chi connectivity index (χ4v) is 4.92. The number of piperidine rings is 1. The Bertz CT molecular complexity index is 849. The monoisotopic (exact) mass is 387 g/mol. The van der Waals surface area contributed by atoms with Crippen molar-refractivity contribution >= 4 is 10.1 Å². The van der Waals surface area contributed by atoms with Crippen LogP contribution in [0.15, 0.2) is 59.5 Å². The zero-order valence-electron chi connectivity index (χ0n) is 16.4. The van der Waals surface area contributed by atoms with E-state index in [9.17, 15) is 8.42 Å². The molecule has 3 rings (SSSR count). The molecule has 1 unspecified atom stereocenters. The van der Waals surface area contributed by atoms with Gasteiger partial charge in [-0.05, 0) is 57.9 Å². The highest BCUT2D eigenvalue weighted by Crippen LogP contribution is 2.36. The minimum Gasteiger partial charge on any atom is -0.289 e. The van der Waals surface area contributed by atoms with Gasteiger partial charge in [-0.25, -0.2) is 0 Å². The SMILES string of the molecule is Cc1ccc(S(=O)(=O)OC[C@@]2(C)CCCCN2C(C)c2ccccc2)cc1. The molecule has 1 aliphatic rings. The molecule has 1 fully saturated rings. The lowest BCUT2D eigenvalue weighted by atomic mass is 9.86. The van der Waals surface area contributed by atoms with E-state index in [-0.39, 0.29) is 23.1 Å². The Hall–Kier alpha value is -1.69. The lowest BCUT2D eigenvalue weighted by Gasteiger charge is -2.47. The van der Waals surface area contributed by atoms with Crippen LogP contribution in [0.5, 0.6) is 0 Å². The fourth-order valence-electron chi connectivity index (χ4n) is 3.91. The summed E-state index contributed by atoms with van der Waals surface area (Å²) in [5.41, 5.74) is 1.95. The molecular weight excluding hydrogens is 358 g/mol. The first-order valence-corrected chi connectivity index (χ1v) is 11.0. The second-order valence-corrected chi connectivity index (χ2v) is 9.38. The van der Waals surface area contributed by atoms with E-state index in [0.717, 1.165) is 31.4 Å². The van der Waals surface area contributed by atoms with Crippen LogP contribution in [0, 0.1) is 6.92 Å². The average Bonchev–Trinajstić information content (AvgIpc) is 2.67. The van der Waals surface area contributed by atoms with Crippen LogP contribution in [-0.2, 0) is 14.3 Å². The van der Waals surface area contributed by atoms with E-state index in [4.69, 9.17) is 4.18 Å². The molecule has 146 valence electrons. The van der Waals surface area contributed by atoms with Crippen molar-refractivity contribution in [2.45, 2.75) is 56.5 Å². The Kier molecular flexibility index (Phi) is 6.04. The Labute approximate surface area is 163 Å². The quantitative estimate of drug-likeness (QED) is 0.674. The van der Waals surface area contributed by atoms with E-state index >= 15 is 0 Å². The molecule has 0 saturated carbocycles. The number of nitrogens with zero attached hydrogens (tertiary/aromatic N) is 1. The standard InChI is InChI=1S/C22H29NO3S/c1-18-11-13-21(14-12-18)27(24,25)26-17-22(3)15-7-8-16-23(22)19(2)20-9-5-4-6-10-20/h4-6,9-14,19H,7-8,15-17H2,1-3H3/t19?,22-/m1/s1. The maximum Gasteiger partial charge on any atom is 0.297 e. The fraction of sp³-hybridized carbons (Fsp3) is 0.455. The predicted octanol–water partition coefficient (Wildman–Crippen LogP) is 4.71. The Morgan fingerprint density at radius 2 is 1.74 bits per heavy atom. The number of benzene rings is 2. The van der Waals surface area contributed by atoms with Crippen molar-refractivity contribution in [3.8, 4) is 0 Å². The molecule has 1 aliphatic heterocycles. The number of hydrogen-bond donors (Lipinski definition) is 0. The first-order valence-electron chi connectivity index (χ1n) is 9.60. The molecule has 2 aromatic carbocycles. The summed E-state index contributed by atoms with van der Waals surface area (Å²) in [5, 5.41) is 0. The molecule has 1 heterocycles. The van der Waals surface area contributed by atoms with E-state index in [1.54, 1.807) is 24.3 Å². The molecule has 4 nitrogen and oxygen atoms in total. The van der Waals surface area contributed by atoms with Crippen molar-refractivity contribution < 1.29 is 12.6 Å². The van der Waals surface area contributed by atoms with Gasteiger partial charge in [0.2, 0.25) is 0 Å². The Morgan fingerprint density at radius 1 is 1.07 bits per heavy atom. The summed E-state index contributed by atoms with van der Waals surface area (Å²) in [4.78, 5) is 2.62. The van der Waals surface area contributed by atoms with Crippen LogP contribution in [-0.4, -0.2) is 32.0 Å². The first kappa shape index (κ1) is 20.1. The molecule has 0 aliphatic carbocycles. The minimum absolute atomic E-state index is 0.167. The van der Waals surface area contributed by atoms with Crippen LogP contribution >= 0.6 is 0 Å². The third-order valence-electron chi connectivity index (χ3n) is 5.64. The van der Waals surface area contributed by atoms with E-state index in [2.05, 4.69) is 30.9 Å². The van der Waals surface area contributed by atoms with Crippen molar-refractivity contribution in [3.63, 3.8) is 0 Å². The largest absolute Gasteiger partial charge is 0.297 e. The third-order valence-corrected chi connectivity index (χ3v) is 6.92. The van der Waals surface area contributed by atoms with Gasteiger partial charge in [0.25, 0.3) is 10.1 Å². The molecule has 2 aromatic rings. The number of rotatable bonds is 6. The zero-order valence-corrected chi connectivity index (χ0v) is 17.2. The molecule has 0 spiro atoms. The van der Waals surface area contributed by atoms with Crippen molar-refractivity contribution in [1.29, 1.82) is 0 Å². The third kappa shape index (κ3) is 4.60. The molecule has 0 amide bonds. The van der Waals surface area contributed by atoms with Crippen molar-refractivity contribution in [2.75, 3.05) is 13.2 Å². The first-order chi connectivity index (χ1) is 12.8. The predicted molar refractivity (Wildman–Crippen MR) is 108 cm³/mol. The molecule has 0 radical (unpaired) electrons. The van der Waals surface area contributed by atoms with Crippen LogP contribution < -0.4 is 0 Å². The molecule has 2 atom stereocenters. The van der Waals surface area contributed by atoms with Gasteiger partial charge in [-0.1, -0.05) is 54.4 Å². The lowest BCUT2D eigenvalue weighted by Crippen LogP contribution is -2.53.